The van der Waals surface area contributed by atoms with E-state index >= 15 is 0 Å². The predicted molar refractivity (Wildman–Crippen MR) is 58.2 cm³/mol. The average molecular weight is 209 g/mol. The molecule has 1 unspecified atom stereocenters. The molecular formula is C11H15NO3. The second kappa shape index (κ2) is 5.36. The van der Waals surface area contributed by atoms with Crippen LogP contribution in [0.1, 0.15) is 23.7 Å². The van der Waals surface area contributed by atoms with E-state index < -0.39 is 5.97 Å². The van der Waals surface area contributed by atoms with Gasteiger partial charge in [0.2, 0.25) is 0 Å². The van der Waals surface area contributed by atoms with Gasteiger partial charge in [-0.15, -0.1) is 0 Å². The van der Waals surface area contributed by atoms with Crippen LogP contribution in [-0.2, 0) is 0 Å². The number of hydrogen-bond donors (Lipinski definition) is 3. The van der Waals surface area contributed by atoms with Crippen LogP contribution in [0.5, 0.6) is 0 Å². The van der Waals surface area contributed by atoms with E-state index in [0.717, 1.165) is 0 Å². The fourth-order valence-corrected chi connectivity index (χ4v) is 1.24. The minimum Gasteiger partial charge on any atom is -0.478 e. The Morgan fingerprint density at radius 1 is 1.47 bits per heavy atom. The molecule has 0 amide bonds. The summed E-state index contributed by atoms with van der Waals surface area (Å²) in [5, 5.41) is 20.9. The molecule has 0 spiro atoms. The van der Waals surface area contributed by atoms with Crippen molar-refractivity contribution in [3.05, 3.63) is 29.8 Å². The van der Waals surface area contributed by atoms with Crippen LogP contribution in [-0.4, -0.2) is 28.8 Å². The Bertz CT molecular complexity index is 336. The second-order valence-corrected chi connectivity index (χ2v) is 3.42. The number of hydrogen-bond acceptors (Lipinski definition) is 3. The Hall–Kier alpha value is -1.55. The van der Waals surface area contributed by atoms with Crippen molar-refractivity contribution in [3.63, 3.8) is 0 Å². The summed E-state index contributed by atoms with van der Waals surface area (Å²) < 4.78 is 0. The van der Waals surface area contributed by atoms with Crippen LogP contribution in [0.25, 0.3) is 0 Å². The van der Waals surface area contributed by atoms with Gasteiger partial charge in [-0.3, -0.25) is 0 Å². The van der Waals surface area contributed by atoms with E-state index in [1.54, 1.807) is 31.2 Å². The van der Waals surface area contributed by atoms with Gasteiger partial charge in [-0.1, -0.05) is 12.1 Å². The first-order valence-corrected chi connectivity index (χ1v) is 4.85. The fraction of sp³-hybridized carbons (Fsp3) is 0.364. The van der Waals surface area contributed by atoms with Crippen molar-refractivity contribution >= 4 is 11.7 Å². The third-order valence-electron chi connectivity index (χ3n) is 2.04. The molecule has 1 rings (SSSR count). The largest absolute Gasteiger partial charge is 0.478 e. The molecule has 0 saturated carbocycles. The van der Waals surface area contributed by atoms with Crippen LogP contribution < -0.4 is 5.32 Å². The molecule has 0 aromatic heterocycles. The normalized spacial score (nSPS) is 12.1. The van der Waals surface area contributed by atoms with Gasteiger partial charge < -0.3 is 15.5 Å². The lowest BCUT2D eigenvalue weighted by Gasteiger charge is -2.10. The highest BCUT2D eigenvalue weighted by Crippen LogP contribution is 2.14. The zero-order valence-corrected chi connectivity index (χ0v) is 8.60. The van der Waals surface area contributed by atoms with E-state index in [4.69, 9.17) is 10.2 Å². The minimum atomic E-state index is -0.949. The number of aliphatic hydroxyl groups excluding tert-OH is 1. The van der Waals surface area contributed by atoms with Crippen LogP contribution in [0.4, 0.5) is 5.69 Å². The maximum Gasteiger partial charge on any atom is 0.337 e. The number of anilines is 1. The van der Waals surface area contributed by atoms with Crippen LogP contribution in [0.15, 0.2) is 24.3 Å². The van der Waals surface area contributed by atoms with Gasteiger partial charge in [-0.2, -0.15) is 0 Å². The number of nitrogens with one attached hydrogen (secondary N) is 1. The number of carboxylic acids is 1. The lowest BCUT2D eigenvalue weighted by Crippen LogP contribution is -2.12. The maximum absolute atomic E-state index is 10.8. The zero-order valence-electron chi connectivity index (χ0n) is 8.60. The SMILES string of the molecule is CC(O)CCNc1ccccc1C(=O)O. The van der Waals surface area contributed by atoms with Gasteiger partial charge in [0.25, 0.3) is 0 Å². The third-order valence-corrected chi connectivity index (χ3v) is 2.04. The Kier molecular flexibility index (Phi) is 4.12. The monoisotopic (exact) mass is 209 g/mol. The first-order chi connectivity index (χ1) is 7.11. The minimum absolute atomic E-state index is 0.253. The molecule has 0 fully saturated rings. The molecule has 0 aliphatic carbocycles. The molecule has 3 N–H and O–H groups in total. The van der Waals surface area contributed by atoms with Gasteiger partial charge >= 0.3 is 5.97 Å². The van der Waals surface area contributed by atoms with Gasteiger partial charge in [0.05, 0.1) is 11.7 Å². The fourth-order valence-electron chi connectivity index (χ4n) is 1.24. The predicted octanol–water partition coefficient (Wildman–Crippen LogP) is 1.57. The highest BCUT2D eigenvalue weighted by molar-refractivity contribution is 5.94. The summed E-state index contributed by atoms with van der Waals surface area (Å²) >= 11 is 0. The van der Waals surface area contributed by atoms with Crippen molar-refractivity contribution in [2.75, 3.05) is 11.9 Å². The van der Waals surface area contributed by atoms with E-state index in [1.807, 2.05) is 0 Å². The Balaban J connectivity index is 2.63. The van der Waals surface area contributed by atoms with Crippen molar-refractivity contribution in [2.24, 2.45) is 0 Å². The standard InChI is InChI=1S/C11H15NO3/c1-8(13)6-7-12-10-5-3-2-4-9(10)11(14)15/h2-5,8,12-13H,6-7H2,1H3,(H,14,15). The Morgan fingerprint density at radius 2 is 2.13 bits per heavy atom. The quantitative estimate of drug-likeness (QED) is 0.688. The molecule has 1 atom stereocenters. The van der Waals surface area contributed by atoms with Crippen molar-refractivity contribution in [1.82, 2.24) is 0 Å². The molecule has 0 bridgehead atoms. The molecule has 0 radical (unpaired) electrons. The molecule has 0 saturated heterocycles. The van der Waals surface area contributed by atoms with Crippen molar-refractivity contribution in [2.45, 2.75) is 19.4 Å². The topological polar surface area (TPSA) is 69.6 Å². The van der Waals surface area contributed by atoms with Gasteiger partial charge in [0.1, 0.15) is 0 Å². The molecule has 15 heavy (non-hydrogen) atoms. The van der Waals surface area contributed by atoms with Gasteiger partial charge in [0, 0.05) is 12.2 Å². The van der Waals surface area contributed by atoms with Gasteiger partial charge in [-0.25, -0.2) is 4.79 Å². The number of carbonyl (C=O) groups is 1. The number of carboxylic acid groups (broad SMARTS) is 1. The number of aromatic carboxylic acids is 1. The lowest BCUT2D eigenvalue weighted by molar-refractivity contribution is 0.0698. The zero-order chi connectivity index (χ0) is 11.3. The van der Waals surface area contributed by atoms with Crippen LogP contribution in [0.3, 0.4) is 0 Å². The lowest BCUT2D eigenvalue weighted by atomic mass is 10.1. The van der Waals surface area contributed by atoms with Gasteiger partial charge in [-0.05, 0) is 25.5 Å². The molecule has 0 heterocycles. The first kappa shape index (κ1) is 11.5. The summed E-state index contributed by atoms with van der Waals surface area (Å²) in [6.07, 6.45) is 0.211. The van der Waals surface area contributed by atoms with E-state index in [0.29, 0.717) is 18.7 Å². The molecule has 4 nitrogen and oxygen atoms in total. The molecular weight excluding hydrogens is 194 g/mol. The van der Waals surface area contributed by atoms with Crippen LogP contribution in [0.2, 0.25) is 0 Å². The van der Waals surface area contributed by atoms with E-state index in [9.17, 15) is 4.79 Å². The Labute approximate surface area is 88.6 Å². The van der Waals surface area contributed by atoms with E-state index in [2.05, 4.69) is 5.32 Å². The van der Waals surface area contributed by atoms with Crippen molar-refractivity contribution in [3.8, 4) is 0 Å². The van der Waals surface area contributed by atoms with E-state index in [-0.39, 0.29) is 11.7 Å². The Morgan fingerprint density at radius 3 is 2.73 bits per heavy atom. The van der Waals surface area contributed by atoms with Gasteiger partial charge in [0.15, 0.2) is 0 Å². The summed E-state index contributed by atoms with van der Waals surface area (Å²) in [5.74, 6) is -0.949. The summed E-state index contributed by atoms with van der Waals surface area (Å²) in [4.78, 5) is 10.8. The molecule has 1 aromatic rings. The molecule has 82 valence electrons. The summed E-state index contributed by atoms with van der Waals surface area (Å²) in [6.45, 7) is 2.26. The average Bonchev–Trinajstić information content (AvgIpc) is 2.17. The smallest absolute Gasteiger partial charge is 0.337 e. The molecule has 0 aliphatic rings. The highest BCUT2D eigenvalue weighted by Gasteiger charge is 2.07. The second-order valence-electron chi connectivity index (χ2n) is 3.42. The number of benzene rings is 1. The third kappa shape index (κ3) is 3.59. The summed E-state index contributed by atoms with van der Waals surface area (Å²) in [5.41, 5.74) is 0.841. The summed E-state index contributed by atoms with van der Waals surface area (Å²) in [6, 6.07) is 6.72. The number of rotatable bonds is 5. The van der Waals surface area contributed by atoms with Crippen LogP contribution >= 0.6 is 0 Å². The van der Waals surface area contributed by atoms with Crippen LogP contribution in [0, 0.1) is 0 Å². The van der Waals surface area contributed by atoms with E-state index in [1.165, 1.54) is 0 Å². The summed E-state index contributed by atoms with van der Waals surface area (Å²) in [7, 11) is 0. The first-order valence-electron chi connectivity index (χ1n) is 4.85. The van der Waals surface area contributed by atoms with Crippen molar-refractivity contribution in [1.29, 1.82) is 0 Å². The highest BCUT2D eigenvalue weighted by atomic mass is 16.4. The number of para-hydroxylation sites is 1. The molecule has 1 aromatic carbocycles. The maximum atomic E-state index is 10.8. The molecule has 4 heteroatoms. The van der Waals surface area contributed by atoms with Crippen molar-refractivity contribution < 1.29 is 15.0 Å². The number of aliphatic hydroxyl groups is 1. The molecule has 0 aliphatic heterocycles.